The van der Waals surface area contributed by atoms with E-state index in [9.17, 15) is 9.90 Å². The van der Waals surface area contributed by atoms with Gasteiger partial charge in [-0.15, -0.1) is 0 Å². The van der Waals surface area contributed by atoms with Crippen molar-refractivity contribution in [3.8, 4) is 11.1 Å². The van der Waals surface area contributed by atoms with Crippen molar-refractivity contribution in [3.63, 3.8) is 0 Å². The van der Waals surface area contributed by atoms with E-state index in [0.29, 0.717) is 5.56 Å². The number of benzene rings is 4. The highest BCUT2D eigenvalue weighted by atomic mass is 16.3. The highest BCUT2D eigenvalue weighted by Gasteiger charge is 2.34. The molecule has 0 spiro atoms. The lowest BCUT2D eigenvalue weighted by Crippen LogP contribution is -2.45. The van der Waals surface area contributed by atoms with Crippen molar-refractivity contribution in [2.24, 2.45) is 0 Å². The monoisotopic (exact) mass is 407 g/mol. The molecule has 4 aromatic carbocycles. The summed E-state index contributed by atoms with van der Waals surface area (Å²) in [6, 6.07) is 37.0. The van der Waals surface area contributed by atoms with E-state index in [4.69, 9.17) is 0 Å². The Morgan fingerprint density at radius 1 is 0.677 bits per heavy atom. The van der Waals surface area contributed by atoms with Gasteiger partial charge >= 0.3 is 0 Å². The fraction of sp³-hybridized carbons (Fsp3) is 0.107. The van der Waals surface area contributed by atoms with Crippen molar-refractivity contribution in [2.45, 2.75) is 12.5 Å². The third-order valence-electron chi connectivity index (χ3n) is 5.35. The Hall–Kier alpha value is -3.69. The molecule has 3 heteroatoms. The number of carbonyl (C=O) groups excluding carboxylic acids is 1. The Kier molecular flexibility index (Phi) is 5.96. The van der Waals surface area contributed by atoms with E-state index in [1.807, 2.05) is 108 Å². The summed E-state index contributed by atoms with van der Waals surface area (Å²) in [6.45, 7) is 1.72. The molecule has 0 aromatic heterocycles. The van der Waals surface area contributed by atoms with Crippen LogP contribution in [-0.2, 0) is 0 Å². The zero-order chi connectivity index (χ0) is 21.7. The number of anilines is 2. The van der Waals surface area contributed by atoms with Crippen LogP contribution in [0.25, 0.3) is 11.1 Å². The minimum atomic E-state index is -1.57. The van der Waals surface area contributed by atoms with Gasteiger partial charge in [-0.2, -0.15) is 0 Å². The van der Waals surface area contributed by atoms with Gasteiger partial charge in [-0.25, -0.2) is 0 Å². The summed E-state index contributed by atoms with van der Waals surface area (Å²) in [6.07, 6.45) is 0. The first-order chi connectivity index (χ1) is 15.0. The van der Waals surface area contributed by atoms with Gasteiger partial charge in [-0.05, 0) is 42.3 Å². The number of carbonyl (C=O) groups is 1. The number of rotatable bonds is 7. The molecule has 0 bridgehead atoms. The van der Waals surface area contributed by atoms with Crippen molar-refractivity contribution in [1.82, 2.24) is 0 Å². The number of hydrogen-bond acceptors (Lipinski definition) is 3. The Morgan fingerprint density at radius 3 is 1.58 bits per heavy atom. The molecule has 0 amide bonds. The van der Waals surface area contributed by atoms with E-state index < -0.39 is 5.60 Å². The van der Waals surface area contributed by atoms with E-state index >= 15 is 0 Å². The molecule has 31 heavy (non-hydrogen) atoms. The van der Waals surface area contributed by atoms with E-state index in [1.54, 1.807) is 19.1 Å². The fourth-order valence-corrected chi connectivity index (χ4v) is 3.68. The smallest absolute Gasteiger partial charge is 0.195 e. The first-order valence-corrected chi connectivity index (χ1v) is 10.3. The van der Waals surface area contributed by atoms with Crippen LogP contribution in [0.1, 0.15) is 17.3 Å². The third kappa shape index (κ3) is 4.73. The Balaban J connectivity index is 1.59. The van der Waals surface area contributed by atoms with Gasteiger partial charge in [0.05, 0.1) is 6.54 Å². The van der Waals surface area contributed by atoms with Crippen LogP contribution in [0.3, 0.4) is 0 Å². The van der Waals surface area contributed by atoms with Crippen LogP contribution in [0.2, 0.25) is 0 Å². The second-order valence-electron chi connectivity index (χ2n) is 7.80. The Labute approximate surface area is 183 Å². The highest BCUT2D eigenvalue weighted by molar-refractivity contribution is 6.03. The van der Waals surface area contributed by atoms with Gasteiger partial charge in [-0.1, -0.05) is 91.0 Å². The molecule has 0 radical (unpaired) electrons. The molecule has 3 nitrogen and oxygen atoms in total. The normalized spacial score (nSPS) is 12.7. The molecule has 4 aromatic rings. The van der Waals surface area contributed by atoms with Crippen molar-refractivity contribution >= 4 is 17.2 Å². The summed E-state index contributed by atoms with van der Waals surface area (Å²) < 4.78 is 0. The molecule has 154 valence electrons. The maximum absolute atomic E-state index is 13.2. The lowest BCUT2D eigenvalue weighted by molar-refractivity contribution is 0.0446. The molecule has 0 saturated heterocycles. The predicted octanol–water partition coefficient (Wildman–Crippen LogP) is 6.13. The number of nitrogens with zero attached hydrogens (tertiary/aromatic N) is 1. The summed E-state index contributed by atoms with van der Waals surface area (Å²) in [7, 11) is 0. The standard InChI is InChI=1S/C28H25NO2/c1-28(31,21-29(25-13-7-3-8-14-25)26-15-9-4-10-16-26)27(30)24-19-17-23(18-20-24)22-11-5-2-6-12-22/h2-20,31H,21H2,1H3. The first-order valence-electron chi connectivity index (χ1n) is 10.3. The van der Waals surface area contributed by atoms with E-state index in [2.05, 4.69) is 0 Å². The fourth-order valence-electron chi connectivity index (χ4n) is 3.68. The molecule has 0 aliphatic carbocycles. The van der Waals surface area contributed by atoms with E-state index in [0.717, 1.165) is 22.5 Å². The average molecular weight is 408 g/mol. The highest BCUT2D eigenvalue weighted by Crippen LogP contribution is 2.29. The Bertz CT molecular complexity index is 1080. The number of ketones is 1. The molecule has 1 N–H and O–H groups in total. The SMILES string of the molecule is CC(O)(CN(c1ccccc1)c1ccccc1)C(=O)c1ccc(-c2ccccc2)cc1. The maximum atomic E-state index is 13.2. The minimum Gasteiger partial charge on any atom is -0.380 e. The third-order valence-corrected chi connectivity index (χ3v) is 5.35. The predicted molar refractivity (Wildman–Crippen MR) is 127 cm³/mol. The van der Waals surface area contributed by atoms with Gasteiger partial charge in [-0.3, -0.25) is 4.79 Å². The quantitative estimate of drug-likeness (QED) is 0.375. The second kappa shape index (κ2) is 8.99. The number of aliphatic hydroxyl groups is 1. The summed E-state index contributed by atoms with van der Waals surface area (Å²) in [5.74, 6) is -0.302. The van der Waals surface area contributed by atoms with Gasteiger partial charge in [0, 0.05) is 16.9 Å². The molecule has 1 atom stereocenters. The van der Waals surface area contributed by atoms with Crippen molar-refractivity contribution in [3.05, 3.63) is 121 Å². The number of Topliss-reactive ketones (excluding diaryl/α,β-unsaturated/α-hetero) is 1. The van der Waals surface area contributed by atoms with Crippen LogP contribution in [0.4, 0.5) is 11.4 Å². The van der Waals surface area contributed by atoms with Gasteiger partial charge in [0.15, 0.2) is 5.78 Å². The number of para-hydroxylation sites is 2. The van der Waals surface area contributed by atoms with Crippen LogP contribution < -0.4 is 4.90 Å². The molecular weight excluding hydrogens is 382 g/mol. The van der Waals surface area contributed by atoms with E-state index in [-0.39, 0.29) is 12.3 Å². The molecule has 0 heterocycles. The van der Waals surface area contributed by atoms with Crippen molar-refractivity contribution in [2.75, 3.05) is 11.4 Å². The van der Waals surface area contributed by atoms with Gasteiger partial charge in [0.1, 0.15) is 5.60 Å². The molecule has 4 rings (SSSR count). The van der Waals surface area contributed by atoms with Gasteiger partial charge in [0.25, 0.3) is 0 Å². The van der Waals surface area contributed by atoms with Gasteiger partial charge < -0.3 is 10.0 Å². The average Bonchev–Trinajstić information content (AvgIpc) is 2.84. The molecular formula is C28H25NO2. The summed E-state index contributed by atoms with van der Waals surface area (Å²) in [5, 5.41) is 11.2. The second-order valence-corrected chi connectivity index (χ2v) is 7.80. The van der Waals surface area contributed by atoms with Crippen LogP contribution in [0.5, 0.6) is 0 Å². The summed E-state index contributed by atoms with van der Waals surface area (Å²) in [4.78, 5) is 15.2. The maximum Gasteiger partial charge on any atom is 0.195 e. The summed E-state index contributed by atoms with van der Waals surface area (Å²) in [5.41, 5.74) is 2.88. The lowest BCUT2D eigenvalue weighted by Gasteiger charge is -2.32. The van der Waals surface area contributed by atoms with Gasteiger partial charge in [0.2, 0.25) is 0 Å². The molecule has 0 aliphatic rings. The minimum absolute atomic E-state index is 0.139. The van der Waals surface area contributed by atoms with Crippen LogP contribution >= 0.6 is 0 Å². The topological polar surface area (TPSA) is 40.5 Å². The molecule has 0 saturated carbocycles. The molecule has 1 unspecified atom stereocenters. The lowest BCUT2D eigenvalue weighted by atomic mass is 9.92. The van der Waals surface area contributed by atoms with Crippen molar-refractivity contribution < 1.29 is 9.90 Å². The van der Waals surface area contributed by atoms with Crippen molar-refractivity contribution in [1.29, 1.82) is 0 Å². The summed E-state index contributed by atoms with van der Waals surface area (Å²) >= 11 is 0. The van der Waals surface area contributed by atoms with E-state index in [1.165, 1.54) is 0 Å². The first kappa shape index (κ1) is 20.6. The Morgan fingerprint density at radius 2 is 1.10 bits per heavy atom. The van der Waals surface area contributed by atoms with Crippen LogP contribution in [0.15, 0.2) is 115 Å². The zero-order valence-corrected chi connectivity index (χ0v) is 17.5. The van der Waals surface area contributed by atoms with Crippen LogP contribution in [0, 0.1) is 0 Å². The van der Waals surface area contributed by atoms with Crippen LogP contribution in [-0.4, -0.2) is 23.0 Å². The largest absolute Gasteiger partial charge is 0.380 e. The molecule has 0 aliphatic heterocycles. The number of hydrogen-bond donors (Lipinski definition) is 1. The molecule has 0 fully saturated rings. The zero-order valence-electron chi connectivity index (χ0n) is 17.5.